The highest BCUT2D eigenvalue weighted by atomic mass is 16.5. The van der Waals surface area contributed by atoms with E-state index >= 15 is 0 Å². The van der Waals surface area contributed by atoms with Crippen molar-refractivity contribution in [2.24, 2.45) is 17.8 Å². The summed E-state index contributed by atoms with van der Waals surface area (Å²) in [5.74, 6) is 3.80. The maximum atomic E-state index is 13.2. The Morgan fingerprint density at radius 1 is 1.14 bits per heavy atom. The molecular formula is C24H36N3O2+. The van der Waals surface area contributed by atoms with Crippen LogP contribution in [0.5, 0.6) is 5.75 Å². The number of hydrogen-bond acceptors (Lipinski definition) is 3. The average molecular weight is 399 g/mol. The first-order chi connectivity index (χ1) is 14.0. The summed E-state index contributed by atoms with van der Waals surface area (Å²) in [6, 6.07) is 8.33. The van der Waals surface area contributed by atoms with Gasteiger partial charge in [-0.2, -0.15) is 0 Å². The van der Waals surface area contributed by atoms with Crippen molar-refractivity contribution < 1.29 is 14.4 Å². The second kappa shape index (κ2) is 7.50. The molecule has 158 valence electrons. The van der Waals surface area contributed by atoms with E-state index in [1.807, 2.05) is 6.07 Å². The highest BCUT2D eigenvalue weighted by Gasteiger charge is 2.52. The molecule has 5 aliphatic rings. The Morgan fingerprint density at radius 2 is 1.76 bits per heavy atom. The Hall–Kier alpha value is -1.75. The lowest BCUT2D eigenvalue weighted by atomic mass is 9.53. The fraction of sp³-hybridized carbons (Fsp3) is 0.708. The third kappa shape index (κ3) is 3.74. The van der Waals surface area contributed by atoms with Crippen molar-refractivity contribution in [2.45, 2.75) is 57.0 Å². The van der Waals surface area contributed by atoms with Gasteiger partial charge < -0.3 is 19.9 Å². The number of quaternary nitrogens is 1. The van der Waals surface area contributed by atoms with Crippen molar-refractivity contribution in [3.63, 3.8) is 0 Å². The minimum atomic E-state index is 0.0375. The van der Waals surface area contributed by atoms with Crippen LogP contribution in [0.25, 0.3) is 0 Å². The molecule has 1 heterocycles. The van der Waals surface area contributed by atoms with Crippen molar-refractivity contribution >= 4 is 11.6 Å². The third-order valence-electron chi connectivity index (χ3n) is 8.26. The number of nitrogens with zero attached hydrogens (tertiary/aromatic N) is 1. The van der Waals surface area contributed by atoms with Crippen molar-refractivity contribution in [2.75, 3.05) is 38.2 Å². The summed E-state index contributed by atoms with van der Waals surface area (Å²) < 4.78 is 5.37. The van der Waals surface area contributed by atoms with Gasteiger partial charge in [0.15, 0.2) is 6.04 Å². The molecule has 4 bridgehead atoms. The van der Waals surface area contributed by atoms with E-state index in [-0.39, 0.29) is 17.5 Å². The number of anilines is 1. The minimum absolute atomic E-state index is 0.0375. The number of benzene rings is 1. The smallest absolute Gasteiger partial charge is 0.278 e. The number of amides is 1. The molecule has 1 atom stereocenters. The number of piperazine rings is 1. The summed E-state index contributed by atoms with van der Waals surface area (Å²) in [6.07, 6.45) is 7.95. The fourth-order valence-corrected chi connectivity index (χ4v) is 7.11. The number of ether oxygens (including phenoxy) is 1. The van der Waals surface area contributed by atoms with Crippen LogP contribution in [0.15, 0.2) is 24.3 Å². The molecular weight excluding hydrogens is 362 g/mol. The summed E-state index contributed by atoms with van der Waals surface area (Å²) in [4.78, 5) is 17.0. The van der Waals surface area contributed by atoms with Crippen LogP contribution in [0, 0.1) is 17.8 Å². The standard InChI is InChI=1S/C24H35N3O2/c1-17(23(28)25-24-14-18-10-19(15-24)12-20(11-18)16-24)26-6-8-27(9-7-26)21-4-3-5-22(13-21)29-2/h3-5,13,17-20H,6-12,14-16H2,1-2H3,(H,25,28)/p+1/t17-,18?,19?,20?,24?/m0/s1. The molecule has 2 N–H and O–H groups in total. The number of nitrogens with one attached hydrogen (secondary N) is 2. The van der Waals surface area contributed by atoms with Gasteiger partial charge in [-0.15, -0.1) is 0 Å². The van der Waals surface area contributed by atoms with Gasteiger partial charge in [0.25, 0.3) is 5.91 Å². The molecule has 0 unspecified atom stereocenters. The molecule has 4 aliphatic carbocycles. The predicted octanol–water partition coefficient (Wildman–Crippen LogP) is 1.87. The SMILES string of the molecule is COc1cccc(N2CC[NH+]([C@@H](C)C(=O)NC34CC5CC(CC(C5)C3)C4)CC2)c1. The zero-order valence-corrected chi connectivity index (χ0v) is 18.0. The number of rotatable bonds is 5. The van der Waals surface area contributed by atoms with Crippen LogP contribution in [0.2, 0.25) is 0 Å². The molecule has 1 aliphatic heterocycles. The van der Waals surface area contributed by atoms with E-state index in [2.05, 4.69) is 35.3 Å². The fourth-order valence-electron chi connectivity index (χ4n) is 7.11. The molecule has 1 saturated heterocycles. The Labute approximate surface area is 174 Å². The number of carbonyl (C=O) groups excluding carboxylic acids is 1. The van der Waals surface area contributed by atoms with Crippen LogP contribution >= 0.6 is 0 Å². The first-order valence-electron chi connectivity index (χ1n) is 11.6. The van der Waals surface area contributed by atoms with Crippen molar-refractivity contribution in [1.29, 1.82) is 0 Å². The lowest BCUT2D eigenvalue weighted by molar-refractivity contribution is -0.914. The van der Waals surface area contributed by atoms with Gasteiger partial charge in [0.1, 0.15) is 5.75 Å². The lowest BCUT2D eigenvalue weighted by Crippen LogP contribution is -3.19. The molecule has 29 heavy (non-hydrogen) atoms. The van der Waals surface area contributed by atoms with E-state index in [1.165, 1.54) is 49.1 Å². The van der Waals surface area contributed by atoms with Gasteiger partial charge in [-0.1, -0.05) is 6.07 Å². The van der Waals surface area contributed by atoms with Gasteiger partial charge in [-0.05, 0) is 75.3 Å². The van der Waals surface area contributed by atoms with Gasteiger partial charge in [0.05, 0.1) is 33.3 Å². The Kier molecular flexibility index (Phi) is 4.97. The van der Waals surface area contributed by atoms with E-state index in [0.29, 0.717) is 0 Å². The van der Waals surface area contributed by atoms with Crippen molar-refractivity contribution in [3.8, 4) is 5.75 Å². The molecule has 0 radical (unpaired) electrons. The van der Waals surface area contributed by atoms with Gasteiger partial charge in [0, 0.05) is 17.3 Å². The molecule has 5 nitrogen and oxygen atoms in total. The quantitative estimate of drug-likeness (QED) is 0.796. The van der Waals surface area contributed by atoms with Crippen LogP contribution < -0.4 is 19.9 Å². The summed E-state index contributed by atoms with van der Waals surface area (Å²) in [5.41, 5.74) is 1.34. The summed E-state index contributed by atoms with van der Waals surface area (Å²) in [7, 11) is 1.71. The normalized spacial score (nSPS) is 34.8. The topological polar surface area (TPSA) is 46.0 Å². The first-order valence-corrected chi connectivity index (χ1v) is 11.6. The largest absolute Gasteiger partial charge is 0.497 e. The zero-order valence-electron chi connectivity index (χ0n) is 18.0. The monoisotopic (exact) mass is 398 g/mol. The molecule has 5 heteroatoms. The Morgan fingerprint density at radius 3 is 2.34 bits per heavy atom. The van der Waals surface area contributed by atoms with E-state index in [9.17, 15) is 4.79 Å². The summed E-state index contributed by atoms with van der Waals surface area (Å²) in [5, 5.41) is 3.59. The second-order valence-electron chi connectivity index (χ2n) is 10.3. The summed E-state index contributed by atoms with van der Waals surface area (Å²) >= 11 is 0. The molecule has 1 aromatic rings. The average Bonchev–Trinajstić information content (AvgIpc) is 2.72. The number of carbonyl (C=O) groups is 1. The molecule has 0 spiro atoms. The van der Waals surface area contributed by atoms with Crippen LogP contribution in [0.3, 0.4) is 0 Å². The van der Waals surface area contributed by atoms with Crippen LogP contribution in [0.4, 0.5) is 5.69 Å². The van der Waals surface area contributed by atoms with Crippen LogP contribution in [-0.2, 0) is 4.79 Å². The molecule has 1 amide bonds. The zero-order chi connectivity index (χ0) is 20.0. The second-order valence-corrected chi connectivity index (χ2v) is 10.3. The Bertz CT molecular complexity index is 721. The van der Waals surface area contributed by atoms with E-state index in [1.54, 1.807) is 7.11 Å². The molecule has 1 aromatic carbocycles. The van der Waals surface area contributed by atoms with Crippen LogP contribution in [-0.4, -0.2) is 50.8 Å². The first kappa shape index (κ1) is 19.2. The van der Waals surface area contributed by atoms with E-state index in [4.69, 9.17) is 4.74 Å². The van der Waals surface area contributed by atoms with Gasteiger partial charge in [-0.3, -0.25) is 4.79 Å². The Balaban J connectivity index is 1.17. The van der Waals surface area contributed by atoms with Gasteiger partial charge in [0.2, 0.25) is 0 Å². The van der Waals surface area contributed by atoms with Crippen molar-refractivity contribution in [3.05, 3.63) is 24.3 Å². The molecule has 6 rings (SSSR count). The third-order valence-corrected chi connectivity index (χ3v) is 8.26. The van der Waals surface area contributed by atoms with Gasteiger partial charge >= 0.3 is 0 Å². The highest BCUT2D eigenvalue weighted by Crippen LogP contribution is 2.55. The van der Waals surface area contributed by atoms with Crippen molar-refractivity contribution in [1.82, 2.24) is 5.32 Å². The van der Waals surface area contributed by atoms with Gasteiger partial charge in [-0.25, -0.2) is 0 Å². The maximum absolute atomic E-state index is 13.2. The maximum Gasteiger partial charge on any atom is 0.278 e. The lowest BCUT2D eigenvalue weighted by Gasteiger charge is -2.57. The van der Waals surface area contributed by atoms with Crippen LogP contribution in [0.1, 0.15) is 45.4 Å². The van der Waals surface area contributed by atoms with E-state index < -0.39 is 0 Å². The minimum Gasteiger partial charge on any atom is -0.497 e. The predicted molar refractivity (Wildman–Crippen MR) is 114 cm³/mol. The van der Waals surface area contributed by atoms with E-state index in [0.717, 1.165) is 49.7 Å². The molecule has 5 fully saturated rings. The summed E-state index contributed by atoms with van der Waals surface area (Å²) in [6.45, 7) is 6.11. The number of hydrogen-bond donors (Lipinski definition) is 2. The number of methoxy groups -OCH3 is 1. The molecule has 4 saturated carbocycles. The molecule has 0 aromatic heterocycles. The highest BCUT2D eigenvalue weighted by molar-refractivity contribution is 5.80.